The van der Waals surface area contributed by atoms with Gasteiger partial charge in [0.1, 0.15) is 6.61 Å². The Balaban J connectivity index is 1.31. The van der Waals surface area contributed by atoms with Crippen LogP contribution in [0.1, 0.15) is 63.5 Å². The Hall–Kier alpha value is -1.23. The number of halogens is 2. The highest BCUT2D eigenvalue weighted by Crippen LogP contribution is 2.66. The molecule has 2 aromatic rings. The van der Waals surface area contributed by atoms with E-state index in [1.165, 1.54) is 44.1 Å². The predicted octanol–water partition coefficient (Wildman–Crippen LogP) is 7.53. The third-order valence-electron chi connectivity index (χ3n) is 7.91. The van der Waals surface area contributed by atoms with E-state index in [1.807, 2.05) is 24.3 Å². The van der Waals surface area contributed by atoms with Gasteiger partial charge in [-0.15, -0.1) is 0 Å². The fourth-order valence-electron chi connectivity index (χ4n) is 7.72. The van der Waals surface area contributed by atoms with Crippen molar-refractivity contribution in [1.29, 1.82) is 0 Å². The molecular weight excluding hydrogens is 486 g/mol. The Morgan fingerprint density at radius 3 is 2.44 bits per heavy atom. The highest BCUT2D eigenvalue weighted by Gasteiger charge is 2.59. The number of nitrogens with one attached hydrogen (secondary N) is 1. The normalized spacial score (nSPS) is 32.8. The maximum atomic E-state index is 6.29. The summed E-state index contributed by atoms with van der Waals surface area (Å²) in [7, 11) is 1.70. The van der Waals surface area contributed by atoms with Gasteiger partial charge in [0.2, 0.25) is 0 Å². The van der Waals surface area contributed by atoms with E-state index in [4.69, 9.17) is 21.1 Å². The number of benzene rings is 2. The molecule has 0 spiro atoms. The third kappa shape index (κ3) is 4.31. The summed E-state index contributed by atoms with van der Waals surface area (Å²) in [6, 6.07) is 12.0. The summed E-state index contributed by atoms with van der Waals surface area (Å²) in [5, 5.41) is 4.73. The van der Waals surface area contributed by atoms with Crippen LogP contribution in [0.25, 0.3) is 0 Å². The summed E-state index contributed by atoms with van der Waals surface area (Å²) in [6.45, 7) is 6.29. The molecule has 0 aromatic heterocycles. The van der Waals surface area contributed by atoms with Gasteiger partial charge >= 0.3 is 0 Å². The highest BCUT2D eigenvalue weighted by atomic mass is 79.9. The number of ether oxygens (including phenoxy) is 2. The van der Waals surface area contributed by atoms with Crippen LogP contribution in [-0.4, -0.2) is 12.6 Å². The monoisotopic (exact) mass is 517 g/mol. The van der Waals surface area contributed by atoms with Crippen LogP contribution in [0.15, 0.2) is 40.9 Å². The zero-order valence-electron chi connectivity index (χ0n) is 19.3. The molecule has 0 aliphatic heterocycles. The molecule has 0 heterocycles. The van der Waals surface area contributed by atoms with Crippen molar-refractivity contribution < 1.29 is 9.47 Å². The number of hydrogen-bond acceptors (Lipinski definition) is 3. The number of rotatable bonds is 7. The zero-order chi connectivity index (χ0) is 22.6. The van der Waals surface area contributed by atoms with E-state index in [0.717, 1.165) is 28.2 Å². The first kappa shape index (κ1) is 22.6. The summed E-state index contributed by atoms with van der Waals surface area (Å²) in [5.74, 6) is 2.34. The standard InChI is InChI=1S/C27H33BrClNO2/c1-25-10-19-11-26(2,15-25)17-27(12-19,16-25)30-13-18-8-21(28)24(23(9-18)31-3)32-14-20-6-4-5-7-22(20)29/h4-9,19,30H,10-17H2,1-3H3. The minimum atomic E-state index is 0.280. The quantitative estimate of drug-likeness (QED) is 0.411. The van der Waals surface area contributed by atoms with Crippen LogP contribution in [0.2, 0.25) is 5.02 Å². The van der Waals surface area contributed by atoms with Gasteiger partial charge in [0.15, 0.2) is 11.5 Å². The van der Waals surface area contributed by atoms with Gasteiger partial charge < -0.3 is 14.8 Å². The molecule has 0 radical (unpaired) electrons. The van der Waals surface area contributed by atoms with Crippen LogP contribution < -0.4 is 14.8 Å². The predicted molar refractivity (Wildman–Crippen MR) is 133 cm³/mol. The van der Waals surface area contributed by atoms with E-state index in [1.54, 1.807) is 7.11 Å². The van der Waals surface area contributed by atoms with Gasteiger partial charge in [-0.25, -0.2) is 0 Å². The summed E-state index contributed by atoms with van der Waals surface area (Å²) < 4.78 is 12.7. The van der Waals surface area contributed by atoms with E-state index < -0.39 is 0 Å². The van der Waals surface area contributed by atoms with Crippen molar-refractivity contribution in [3.8, 4) is 11.5 Å². The van der Waals surface area contributed by atoms with Crippen LogP contribution in [0, 0.1) is 16.7 Å². The lowest BCUT2D eigenvalue weighted by molar-refractivity contribution is -0.118. The van der Waals surface area contributed by atoms with Crippen LogP contribution in [-0.2, 0) is 13.2 Å². The van der Waals surface area contributed by atoms with Crippen molar-refractivity contribution in [3.05, 3.63) is 57.0 Å². The van der Waals surface area contributed by atoms with E-state index in [0.29, 0.717) is 28.2 Å². The Morgan fingerprint density at radius 2 is 1.78 bits per heavy atom. The maximum absolute atomic E-state index is 6.29. The van der Waals surface area contributed by atoms with Gasteiger partial charge in [-0.05, 0) is 95.0 Å². The molecule has 4 fully saturated rings. The second-order valence-corrected chi connectivity index (χ2v) is 12.5. The maximum Gasteiger partial charge on any atom is 0.175 e. The second kappa shape index (κ2) is 8.21. The minimum absolute atomic E-state index is 0.280. The smallest absolute Gasteiger partial charge is 0.175 e. The third-order valence-corrected chi connectivity index (χ3v) is 8.87. The lowest BCUT2D eigenvalue weighted by Crippen LogP contribution is -2.63. The second-order valence-electron chi connectivity index (χ2n) is 11.3. The van der Waals surface area contributed by atoms with Crippen molar-refractivity contribution in [2.75, 3.05) is 7.11 Å². The van der Waals surface area contributed by atoms with Crippen LogP contribution in [0.4, 0.5) is 0 Å². The van der Waals surface area contributed by atoms with Crippen molar-refractivity contribution in [1.82, 2.24) is 5.32 Å². The average molecular weight is 519 g/mol. The first-order valence-corrected chi connectivity index (χ1v) is 12.9. The SMILES string of the molecule is COc1cc(CNC23CC4CC(C)(CC(C)(C4)C2)C3)cc(Br)c1OCc1ccccc1Cl. The molecule has 4 saturated carbocycles. The van der Waals surface area contributed by atoms with Crippen molar-refractivity contribution in [2.45, 2.75) is 71.1 Å². The van der Waals surface area contributed by atoms with E-state index in [2.05, 4.69) is 47.2 Å². The van der Waals surface area contributed by atoms with Crippen molar-refractivity contribution in [2.24, 2.45) is 16.7 Å². The molecule has 32 heavy (non-hydrogen) atoms. The topological polar surface area (TPSA) is 30.5 Å². The zero-order valence-corrected chi connectivity index (χ0v) is 21.6. The molecule has 3 nitrogen and oxygen atoms in total. The molecule has 0 saturated heterocycles. The van der Waals surface area contributed by atoms with Crippen molar-refractivity contribution in [3.63, 3.8) is 0 Å². The van der Waals surface area contributed by atoms with Gasteiger partial charge in [0.05, 0.1) is 11.6 Å². The van der Waals surface area contributed by atoms with Crippen LogP contribution in [0.5, 0.6) is 11.5 Å². The van der Waals surface area contributed by atoms with E-state index in [-0.39, 0.29) is 5.54 Å². The summed E-state index contributed by atoms with van der Waals surface area (Å²) in [6.07, 6.45) is 8.19. The molecule has 2 atom stereocenters. The highest BCUT2D eigenvalue weighted by molar-refractivity contribution is 9.10. The van der Waals surface area contributed by atoms with E-state index in [9.17, 15) is 0 Å². The lowest BCUT2D eigenvalue weighted by atomic mass is 9.43. The summed E-state index contributed by atoms with van der Waals surface area (Å²) in [4.78, 5) is 0. The first-order valence-electron chi connectivity index (χ1n) is 11.7. The molecule has 6 rings (SSSR count). The molecule has 2 aromatic carbocycles. The van der Waals surface area contributed by atoms with Gasteiger partial charge in [0, 0.05) is 22.7 Å². The molecule has 5 heteroatoms. The van der Waals surface area contributed by atoms with Crippen molar-refractivity contribution >= 4 is 27.5 Å². The molecule has 172 valence electrons. The van der Waals surface area contributed by atoms with Crippen LogP contribution in [0.3, 0.4) is 0 Å². The summed E-state index contributed by atoms with van der Waals surface area (Å²) >= 11 is 10.0. The Kier molecular flexibility index (Phi) is 5.79. The van der Waals surface area contributed by atoms with Gasteiger partial charge in [0.25, 0.3) is 0 Å². The number of hydrogen-bond donors (Lipinski definition) is 1. The van der Waals surface area contributed by atoms with Gasteiger partial charge in [-0.2, -0.15) is 0 Å². The molecule has 4 bridgehead atoms. The largest absolute Gasteiger partial charge is 0.493 e. The molecule has 4 aliphatic rings. The average Bonchev–Trinajstić information content (AvgIpc) is 2.69. The Labute approximate surface area is 205 Å². The molecule has 0 amide bonds. The molecule has 2 unspecified atom stereocenters. The molecular formula is C27H33BrClNO2. The van der Waals surface area contributed by atoms with Gasteiger partial charge in [-0.3, -0.25) is 0 Å². The summed E-state index contributed by atoms with van der Waals surface area (Å²) in [5.41, 5.74) is 3.47. The van der Waals surface area contributed by atoms with Crippen LogP contribution >= 0.6 is 27.5 Å². The first-order chi connectivity index (χ1) is 15.2. The Bertz CT molecular complexity index is 1010. The minimum Gasteiger partial charge on any atom is -0.493 e. The number of methoxy groups -OCH3 is 1. The fraction of sp³-hybridized carbons (Fsp3) is 0.556. The lowest BCUT2D eigenvalue weighted by Gasteiger charge is -2.65. The molecule has 4 aliphatic carbocycles. The fourth-order valence-corrected chi connectivity index (χ4v) is 8.51. The van der Waals surface area contributed by atoms with Gasteiger partial charge in [-0.1, -0.05) is 43.6 Å². The van der Waals surface area contributed by atoms with E-state index >= 15 is 0 Å². The Morgan fingerprint density at radius 1 is 1.06 bits per heavy atom. The molecule has 1 N–H and O–H groups in total.